The van der Waals surface area contributed by atoms with Crippen LogP contribution in [0.3, 0.4) is 0 Å². The van der Waals surface area contributed by atoms with Crippen LogP contribution in [0.1, 0.15) is 26.3 Å². The molecule has 1 heterocycles. The summed E-state index contributed by atoms with van der Waals surface area (Å²) in [7, 11) is 0. The summed E-state index contributed by atoms with van der Waals surface area (Å²) in [5.74, 6) is -0.461. The highest BCUT2D eigenvalue weighted by Crippen LogP contribution is 2.21. The molecule has 0 saturated carbocycles. The highest BCUT2D eigenvalue weighted by Gasteiger charge is 2.34. The van der Waals surface area contributed by atoms with Crippen LogP contribution in [-0.4, -0.2) is 23.4 Å². The van der Waals surface area contributed by atoms with E-state index >= 15 is 0 Å². The quantitative estimate of drug-likeness (QED) is 0.883. The Morgan fingerprint density at radius 2 is 1.33 bits per heavy atom. The van der Waals surface area contributed by atoms with Crippen LogP contribution in [0.4, 0.5) is 0 Å². The van der Waals surface area contributed by atoms with Crippen molar-refractivity contribution in [1.82, 2.24) is 10.2 Å². The van der Waals surface area contributed by atoms with Crippen molar-refractivity contribution in [3.63, 3.8) is 0 Å². The minimum atomic E-state index is -0.230. The van der Waals surface area contributed by atoms with E-state index in [1.54, 1.807) is 24.3 Å². The van der Waals surface area contributed by atoms with Crippen molar-refractivity contribution in [2.24, 2.45) is 0 Å². The number of benzene rings is 2. The van der Waals surface area contributed by atoms with E-state index in [0.717, 1.165) is 5.56 Å². The Kier molecular flexibility index (Phi) is 4.73. The minimum Gasteiger partial charge on any atom is -0.295 e. The van der Waals surface area contributed by atoms with Gasteiger partial charge in [0, 0.05) is 6.54 Å². The summed E-state index contributed by atoms with van der Waals surface area (Å²) in [6.07, 6.45) is 0. The number of halogens is 1. The van der Waals surface area contributed by atoms with Crippen LogP contribution in [-0.2, 0) is 6.54 Å². The molecule has 0 unspecified atom stereocenters. The first-order chi connectivity index (χ1) is 9.77. The molecule has 0 aromatic heterocycles. The van der Waals surface area contributed by atoms with E-state index in [2.05, 4.69) is 5.32 Å². The fraction of sp³-hybridized carbons (Fsp3) is 0.125. The van der Waals surface area contributed by atoms with Gasteiger partial charge in [0.25, 0.3) is 11.8 Å². The van der Waals surface area contributed by atoms with Gasteiger partial charge in [0.2, 0.25) is 0 Å². The average Bonchev–Trinajstić information content (AvgIpc) is 2.74. The second kappa shape index (κ2) is 6.52. The molecule has 5 heteroatoms. The van der Waals surface area contributed by atoms with Gasteiger partial charge < -0.3 is 0 Å². The molecule has 21 heavy (non-hydrogen) atoms. The Morgan fingerprint density at radius 1 is 0.810 bits per heavy atom. The lowest BCUT2D eigenvalue weighted by atomic mass is 10.1. The molecule has 0 saturated heterocycles. The Balaban J connectivity index is 0.00000161. The summed E-state index contributed by atoms with van der Waals surface area (Å²) in [4.78, 5) is 25.5. The van der Waals surface area contributed by atoms with Crippen molar-refractivity contribution in [3.8, 4) is 0 Å². The zero-order valence-corrected chi connectivity index (χ0v) is 12.1. The standard InChI is InChI=1S/C16H14N2O2.ClH/c19-15-13-8-4-5-9-14(13)16(20)18(15)11-17-10-12-6-2-1-3-7-12;/h1-9,17H,10-11H2;1H. The Hall–Kier alpha value is -2.17. The first-order valence-corrected chi connectivity index (χ1v) is 6.47. The molecule has 0 bridgehead atoms. The highest BCUT2D eigenvalue weighted by atomic mass is 35.5. The van der Waals surface area contributed by atoms with E-state index in [0.29, 0.717) is 17.7 Å². The lowest BCUT2D eigenvalue weighted by Gasteiger charge is -2.14. The highest BCUT2D eigenvalue weighted by molar-refractivity contribution is 6.21. The van der Waals surface area contributed by atoms with Crippen LogP contribution in [0.15, 0.2) is 54.6 Å². The number of amides is 2. The van der Waals surface area contributed by atoms with E-state index < -0.39 is 0 Å². The number of carbonyl (C=O) groups excluding carboxylic acids is 2. The maximum atomic E-state index is 12.1. The fourth-order valence-corrected chi connectivity index (χ4v) is 2.29. The van der Waals surface area contributed by atoms with E-state index in [1.165, 1.54) is 4.90 Å². The van der Waals surface area contributed by atoms with E-state index in [4.69, 9.17) is 0 Å². The van der Waals surface area contributed by atoms with Gasteiger partial charge in [0.1, 0.15) is 0 Å². The van der Waals surface area contributed by atoms with Crippen molar-refractivity contribution in [3.05, 3.63) is 71.3 Å². The molecule has 0 atom stereocenters. The third-order valence-corrected chi connectivity index (χ3v) is 3.32. The number of nitrogens with zero attached hydrogens (tertiary/aromatic N) is 1. The Morgan fingerprint density at radius 3 is 1.90 bits per heavy atom. The van der Waals surface area contributed by atoms with Crippen molar-refractivity contribution in [2.75, 3.05) is 6.67 Å². The van der Waals surface area contributed by atoms with Gasteiger partial charge in [0.05, 0.1) is 17.8 Å². The predicted molar refractivity (Wildman–Crippen MR) is 82.3 cm³/mol. The number of fused-ring (bicyclic) bond motifs is 1. The van der Waals surface area contributed by atoms with Gasteiger partial charge >= 0.3 is 0 Å². The molecule has 4 nitrogen and oxygen atoms in total. The maximum Gasteiger partial charge on any atom is 0.262 e. The number of imide groups is 1. The zero-order chi connectivity index (χ0) is 13.9. The van der Waals surface area contributed by atoms with Crippen molar-refractivity contribution >= 4 is 24.2 Å². The van der Waals surface area contributed by atoms with Crippen LogP contribution in [0, 0.1) is 0 Å². The number of rotatable bonds is 4. The lowest BCUT2D eigenvalue weighted by Crippen LogP contribution is -2.38. The summed E-state index contributed by atoms with van der Waals surface area (Å²) in [6, 6.07) is 16.8. The summed E-state index contributed by atoms with van der Waals surface area (Å²) >= 11 is 0. The smallest absolute Gasteiger partial charge is 0.262 e. The molecule has 3 rings (SSSR count). The number of hydrogen-bond acceptors (Lipinski definition) is 3. The van der Waals surface area contributed by atoms with Gasteiger partial charge in [-0.2, -0.15) is 0 Å². The van der Waals surface area contributed by atoms with Crippen LogP contribution in [0.2, 0.25) is 0 Å². The van der Waals surface area contributed by atoms with Crippen LogP contribution < -0.4 is 5.32 Å². The van der Waals surface area contributed by atoms with E-state index in [-0.39, 0.29) is 30.9 Å². The van der Waals surface area contributed by atoms with E-state index in [1.807, 2.05) is 30.3 Å². The number of carbonyl (C=O) groups is 2. The Labute approximate surface area is 129 Å². The van der Waals surface area contributed by atoms with Gasteiger partial charge in [-0.1, -0.05) is 42.5 Å². The van der Waals surface area contributed by atoms with Gasteiger partial charge in [-0.15, -0.1) is 12.4 Å². The molecule has 0 aliphatic carbocycles. The molecule has 0 fully saturated rings. The van der Waals surface area contributed by atoms with Crippen LogP contribution >= 0.6 is 12.4 Å². The van der Waals surface area contributed by atoms with Crippen LogP contribution in [0.5, 0.6) is 0 Å². The molecule has 2 amide bonds. The first kappa shape index (κ1) is 15.2. The second-order valence-corrected chi connectivity index (χ2v) is 4.65. The molecule has 1 N–H and O–H groups in total. The summed E-state index contributed by atoms with van der Waals surface area (Å²) in [5, 5.41) is 3.12. The topological polar surface area (TPSA) is 49.4 Å². The van der Waals surface area contributed by atoms with E-state index in [9.17, 15) is 9.59 Å². The lowest BCUT2D eigenvalue weighted by molar-refractivity contribution is 0.0641. The SMILES string of the molecule is Cl.O=C1c2ccccc2C(=O)N1CNCc1ccccc1. The predicted octanol–water partition coefficient (Wildman–Crippen LogP) is 2.45. The fourth-order valence-electron chi connectivity index (χ4n) is 2.29. The summed E-state index contributed by atoms with van der Waals surface area (Å²) in [6.45, 7) is 0.843. The molecular formula is C16H15ClN2O2. The van der Waals surface area contributed by atoms with Gasteiger partial charge in [-0.3, -0.25) is 19.8 Å². The molecule has 1 aliphatic rings. The third kappa shape index (κ3) is 2.96. The largest absolute Gasteiger partial charge is 0.295 e. The molecule has 1 aliphatic heterocycles. The number of nitrogens with one attached hydrogen (secondary N) is 1. The minimum absolute atomic E-state index is 0. The normalized spacial score (nSPS) is 13.0. The third-order valence-electron chi connectivity index (χ3n) is 3.32. The molecule has 2 aromatic rings. The second-order valence-electron chi connectivity index (χ2n) is 4.65. The summed E-state index contributed by atoms with van der Waals surface area (Å²) < 4.78 is 0. The van der Waals surface area contributed by atoms with Crippen molar-refractivity contribution in [1.29, 1.82) is 0 Å². The molecule has 108 valence electrons. The molecule has 0 radical (unpaired) electrons. The van der Waals surface area contributed by atoms with Gasteiger partial charge in [-0.25, -0.2) is 0 Å². The van der Waals surface area contributed by atoms with Crippen molar-refractivity contribution < 1.29 is 9.59 Å². The Bertz CT molecular complexity index is 623. The molecule has 2 aromatic carbocycles. The first-order valence-electron chi connectivity index (χ1n) is 6.47. The molecular weight excluding hydrogens is 288 g/mol. The molecule has 0 spiro atoms. The van der Waals surface area contributed by atoms with Crippen molar-refractivity contribution in [2.45, 2.75) is 6.54 Å². The zero-order valence-electron chi connectivity index (χ0n) is 11.3. The van der Waals surface area contributed by atoms with Crippen LogP contribution in [0.25, 0.3) is 0 Å². The number of hydrogen-bond donors (Lipinski definition) is 1. The summed E-state index contributed by atoms with van der Waals surface area (Å²) in [5.41, 5.74) is 2.09. The van der Waals surface area contributed by atoms with Gasteiger partial charge in [0.15, 0.2) is 0 Å². The maximum absolute atomic E-state index is 12.1. The van der Waals surface area contributed by atoms with Gasteiger partial charge in [-0.05, 0) is 17.7 Å². The average molecular weight is 303 g/mol. The monoisotopic (exact) mass is 302 g/mol.